The van der Waals surface area contributed by atoms with Crippen LogP contribution < -0.4 is 9.47 Å². The lowest BCUT2D eigenvalue weighted by Crippen LogP contribution is -2.57. The Labute approximate surface area is 190 Å². The highest BCUT2D eigenvalue weighted by Crippen LogP contribution is 2.36. The molecule has 2 aromatic rings. The van der Waals surface area contributed by atoms with Crippen molar-refractivity contribution in [2.45, 2.75) is 19.3 Å². The number of methoxy groups -OCH3 is 2. The number of phenols is 2. The van der Waals surface area contributed by atoms with Gasteiger partial charge in [0.1, 0.15) is 0 Å². The maximum absolute atomic E-state index is 13.0. The maximum Gasteiger partial charge on any atom is 0.296 e. The topological polar surface area (TPSA) is 154 Å². The van der Waals surface area contributed by atoms with Gasteiger partial charge in [0.2, 0.25) is 0 Å². The van der Waals surface area contributed by atoms with E-state index in [1.54, 1.807) is 0 Å². The summed E-state index contributed by atoms with van der Waals surface area (Å²) in [6.07, 6.45) is 4.00. The number of ether oxygens (including phenoxy) is 2. The molecule has 0 atom stereocenters. The molecule has 9 heteroatoms. The number of hydrogen-bond acceptors (Lipinski definition) is 9. The number of allylic oxidation sites excluding steroid dienone is 2. The Kier molecular flexibility index (Phi) is 7.99. The van der Waals surface area contributed by atoms with Crippen molar-refractivity contribution in [3.63, 3.8) is 0 Å². The van der Waals surface area contributed by atoms with Gasteiger partial charge in [-0.05, 0) is 54.0 Å². The minimum atomic E-state index is -3.65. The zero-order valence-corrected chi connectivity index (χ0v) is 18.3. The van der Waals surface area contributed by atoms with E-state index in [4.69, 9.17) is 9.47 Å². The molecule has 0 saturated carbocycles. The van der Waals surface area contributed by atoms with E-state index in [0.29, 0.717) is 11.1 Å². The minimum Gasteiger partial charge on any atom is -0.504 e. The summed E-state index contributed by atoms with van der Waals surface area (Å²) >= 11 is 0. The van der Waals surface area contributed by atoms with Gasteiger partial charge in [0, 0.05) is 0 Å². The van der Waals surface area contributed by atoms with E-state index in [2.05, 4.69) is 0 Å². The average Bonchev–Trinajstić information content (AvgIpc) is 2.77. The van der Waals surface area contributed by atoms with Crippen LogP contribution in [0.1, 0.15) is 24.5 Å². The summed E-state index contributed by atoms with van der Waals surface area (Å²) in [7, 11) is 2.70. The van der Waals surface area contributed by atoms with Crippen molar-refractivity contribution < 1.29 is 44.6 Å². The van der Waals surface area contributed by atoms with E-state index in [1.807, 2.05) is 0 Å². The molecule has 0 fully saturated rings. The van der Waals surface area contributed by atoms with Gasteiger partial charge in [0.15, 0.2) is 40.0 Å². The van der Waals surface area contributed by atoms with Gasteiger partial charge in [-0.1, -0.05) is 31.2 Å². The van der Waals surface area contributed by atoms with Crippen LogP contribution in [0.3, 0.4) is 0 Å². The van der Waals surface area contributed by atoms with Crippen molar-refractivity contribution in [1.29, 1.82) is 0 Å². The number of ketones is 2. The zero-order valence-electron chi connectivity index (χ0n) is 18.3. The fourth-order valence-electron chi connectivity index (χ4n) is 3.26. The third-order valence-electron chi connectivity index (χ3n) is 5.21. The lowest BCUT2D eigenvalue weighted by molar-refractivity contribution is -0.353. The summed E-state index contributed by atoms with van der Waals surface area (Å²) in [6.45, 7) is 1.35. The Morgan fingerprint density at radius 1 is 0.818 bits per heavy atom. The predicted molar refractivity (Wildman–Crippen MR) is 120 cm³/mol. The Morgan fingerprint density at radius 3 is 1.52 bits per heavy atom. The Morgan fingerprint density at radius 2 is 1.21 bits per heavy atom. The highest BCUT2D eigenvalue weighted by atomic mass is 16.7. The van der Waals surface area contributed by atoms with Crippen LogP contribution in [-0.4, -0.2) is 57.3 Å². The fraction of sp³-hybridized carbons (Fsp3) is 0.250. The largest absolute Gasteiger partial charge is 0.504 e. The number of carbonyl (C=O) groups excluding carboxylic acids is 2. The number of rotatable bonds is 10. The average molecular weight is 458 g/mol. The van der Waals surface area contributed by atoms with Gasteiger partial charge in [0.25, 0.3) is 5.97 Å². The Hall–Kier alpha value is -3.66. The van der Waals surface area contributed by atoms with Crippen LogP contribution in [0.2, 0.25) is 0 Å². The molecule has 0 aliphatic carbocycles. The minimum absolute atomic E-state index is 0.116. The van der Waals surface area contributed by atoms with E-state index < -0.39 is 29.4 Å². The molecule has 0 radical (unpaired) electrons. The van der Waals surface area contributed by atoms with Gasteiger partial charge in [-0.2, -0.15) is 0 Å². The van der Waals surface area contributed by atoms with E-state index in [9.17, 15) is 35.1 Å². The van der Waals surface area contributed by atoms with Crippen LogP contribution in [0.25, 0.3) is 12.2 Å². The lowest BCUT2D eigenvalue weighted by Gasteiger charge is -2.35. The molecule has 0 saturated heterocycles. The van der Waals surface area contributed by atoms with Crippen LogP contribution in [-0.2, 0) is 9.59 Å². The first-order valence-corrected chi connectivity index (χ1v) is 9.86. The standard InChI is InChI=1S/C24H26O9/c1-4-23(24(29,30)31,21(27)11-7-15-5-9-17(25)19(13-15)32-2)22(28)12-8-16-6-10-18(26)20(14-16)33-3/h5-14,25-26,29-31H,4H2,1-3H3. The first-order chi connectivity index (χ1) is 15.5. The summed E-state index contributed by atoms with van der Waals surface area (Å²) in [4.78, 5) is 26.0. The van der Waals surface area contributed by atoms with E-state index >= 15 is 0 Å². The van der Waals surface area contributed by atoms with Crippen molar-refractivity contribution >= 4 is 23.7 Å². The van der Waals surface area contributed by atoms with Gasteiger partial charge in [-0.25, -0.2) is 0 Å². The molecule has 9 nitrogen and oxygen atoms in total. The SMILES string of the molecule is CCC(C(=O)C=Cc1ccc(O)c(OC)c1)(C(=O)C=Cc1ccc(O)c(OC)c1)C(O)(O)O. The molecule has 0 aliphatic heterocycles. The van der Waals surface area contributed by atoms with Gasteiger partial charge in [-0.15, -0.1) is 0 Å². The first kappa shape index (κ1) is 25.6. The van der Waals surface area contributed by atoms with Gasteiger partial charge in [0.05, 0.1) is 14.2 Å². The maximum atomic E-state index is 13.0. The summed E-state index contributed by atoms with van der Waals surface area (Å²) in [5, 5.41) is 49.3. The zero-order chi connectivity index (χ0) is 24.8. The van der Waals surface area contributed by atoms with Crippen molar-refractivity contribution in [2.24, 2.45) is 5.41 Å². The normalized spacial score (nSPS) is 13.8. The molecule has 0 unspecified atom stereocenters. The highest BCUT2D eigenvalue weighted by molar-refractivity contribution is 6.18. The monoisotopic (exact) mass is 458 g/mol. The smallest absolute Gasteiger partial charge is 0.296 e. The van der Waals surface area contributed by atoms with E-state index in [0.717, 1.165) is 12.2 Å². The number of aromatic hydroxyl groups is 2. The Bertz CT molecular complexity index is 1000. The molecule has 0 bridgehead atoms. The molecule has 0 amide bonds. The van der Waals surface area contributed by atoms with E-state index in [-0.39, 0.29) is 23.0 Å². The first-order valence-electron chi connectivity index (χ1n) is 9.86. The summed E-state index contributed by atoms with van der Waals surface area (Å²) < 4.78 is 9.99. The highest BCUT2D eigenvalue weighted by Gasteiger charge is 2.57. The van der Waals surface area contributed by atoms with Crippen LogP contribution in [0, 0.1) is 5.41 Å². The van der Waals surface area contributed by atoms with Crippen LogP contribution in [0.15, 0.2) is 48.6 Å². The van der Waals surface area contributed by atoms with E-state index in [1.165, 1.54) is 69.7 Å². The van der Waals surface area contributed by atoms with Crippen LogP contribution in [0.4, 0.5) is 0 Å². The molecule has 176 valence electrons. The van der Waals surface area contributed by atoms with Crippen LogP contribution in [0.5, 0.6) is 23.0 Å². The second-order valence-corrected chi connectivity index (χ2v) is 7.15. The van der Waals surface area contributed by atoms with Gasteiger partial charge < -0.3 is 35.0 Å². The fourth-order valence-corrected chi connectivity index (χ4v) is 3.26. The second-order valence-electron chi connectivity index (χ2n) is 7.15. The second kappa shape index (κ2) is 10.3. The molecule has 0 aliphatic rings. The van der Waals surface area contributed by atoms with Crippen molar-refractivity contribution in [1.82, 2.24) is 0 Å². The third-order valence-corrected chi connectivity index (χ3v) is 5.21. The molecule has 0 heterocycles. The number of phenolic OH excluding ortho intramolecular Hbond substituents is 2. The van der Waals surface area contributed by atoms with Gasteiger partial charge >= 0.3 is 0 Å². The Balaban J connectivity index is 2.41. The van der Waals surface area contributed by atoms with Crippen molar-refractivity contribution in [3.05, 3.63) is 59.7 Å². The van der Waals surface area contributed by atoms with Gasteiger partial charge in [-0.3, -0.25) is 9.59 Å². The number of benzene rings is 2. The summed E-state index contributed by atoms with van der Waals surface area (Å²) in [5.41, 5.74) is -1.77. The molecule has 2 aromatic carbocycles. The van der Waals surface area contributed by atoms with Crippen molar-refractivity contribution in [2.75, 3.05) is 14.2 Å². The predicted octanol–water partition coefficient (Wildman–Crippen LogP) is 2.01. The number of carbonyl (C=O) groups is 2. The molecule has 0 spiro atoms. The molecule has 0 aromatic heterocycles. The summed E-state index contributed by atoms with van der Waals surface area (Å²) in [5.74, 6) is -5.69. The molecular formula is C24H26O9. The van der Waals surface area contributed by atoms with Crippen LogP contribution >= 0.6 is 0 Å². The number of aliphatic hydroxyl groups is 3. The molecule has 5 N–H and O–H groups in total. The third kappa shape index (κ3) is 5.40. The quantitative estimate of drug-likeness (QED) is 0.204. The summed E-state index contributed by atoms with van der Waals surface area (Å²) in [6, 6.07) is 8.47. The molecular weight excluding hydrogens is 432 g/mol. The lowest BCUT2D eigenvalue weighted by atomic mass is 9.73. The number of hydrogen-bond donors (Lipinski definition) is 5. The molecule has 2 rings (SSSR count). The van der Waals surface area contributed by atoms with Crippen molar-refractivity contribution in [3.8, 4) is 23.0 Å². The molecule has 33 heavy (non-hydrogen) atoms.